The Morgan fingerprint density at radius 1 is 0.846 bits per heavy atom. The van der Waals surface area contributed by atoms with Crippen LogP contribution in [0.15, 0.2) is 78.9 Å². The summed E-state index contributed by atoms with van der Waals surface area (Å²) < 4.78 is 0. The molecule has 0 aliphatic rings. The average Bonchev–Trinajstić information content (AvgIpc) is 2.68. The van der Waals surface area contributed by atoms with Gasteiger partial charge in [0.2, 0.25) is 5.91 Å². The maximum atomic E-state index is 12.1. The molecule has 0 saturated heterocycles. The predicted molar refractivity (Wildman–Crippen MR) is 111 cm³/mol. The van der Waals surface area contributed by atoms with Crippen LogP contribution in [0.2, 0.25) is 5.02 Å². The van der Waals surface area contributed by atoms with Crippen molar-refractivity contribution < 1.29 is 4.79 Å². The lowest BCUT2D eigenvalue weighted by molar-refractivity contribution is -0.111. The van der Waals surface area contributed by atoms with Gasteiger partial charge < -0.3 is 5.32 Å². The van der Waals surface area contributed by atoms with Crippen molar-refractivity contribution in [3.05, 3.63) is 95.0 Å². The van der Waals surface area contributed by atoms with Gasteiger partial charge in [0.15, 0.2) is 0 Å². The fourth-order valence-corrected chi connectivity index (χ4v) is 2.77. The molecule has 0 spiro atoms. The second-order valence-electron chi connectivity index (χ2n) is 5.78. The molecule has 0 atom stereocenters. The second kappa shape index (κ2) is 8.70. The van der Waals surface area contributed by atoms with E-state index in [1.807, 2.05) is 72.8 Å². The Hall–Kier alpha value is -2.55. The van der Waals surface area contributed by atoms with Crippen molar-refractivity contribution in [2.75, 3.05) is 5.32 Å². The molecule has 0 radical (unpaired) electrons. The van der Waals surface area contributed by atoms with Gasteiger partial charge in [-0.1, -0.05) is 60.1 Å². The summed E-state index contributed by atoms with van der Waals surface area (Å²) in [4.78, 5) is 12.1. The molecule has 0 bridgehead atoms. The molecule has 0 fully saturated rings. The zero-order valence-electron chi connectivity index (χ0n) is 14.0. The molecule has 0 aromatic heterocycles. The Morgan fingerprint density at radius 2 is 1.42 bits per heavy atom. The van der Waals surface area contributed by atoms with Crippen LogP contribution in [0.5, 0.6) is 0 Å². The molecule has 4 heteroatoms. The van der Waals surface area contributed by atoms with Gasteiger partial charge in [0.1, 0.15) is 0 Å². The van der Waals surface area contributed by atoms with E-state index in [4.69, 9.17) is 23.2 Å². The number of hydrogen-bond acceptors (Lipinski definition) is 1. The number of anilines is 1. The summed E-state index contributed by atoms with van der Waals surface area (Å²) in [5.74, 6) is 0.307. The van der Waals surface area contributed by atoms with Crippen molar-refractivity contribution in [3.8, 4) is 11.1 Å². The minimum absolute atomic E-state index is 0.175. The zero-order valence-corrected chi connectivity index (χ0v) is 15.5. The molecule has 3 aromatic carbocycles. The molecule has 130 valence electrons. The first-order valence-electron chi connectivity index (χ1n) is 8.14. The molecule has 1 N–H and O–H groups in total. The van der Waals surface area contributed by atoms with Crippen LogP contribution in [-0.4, -0.2) is 5.91 Å². The number of rotatable bonds is 5. The number of hydrogen-bond donors (Lipinski definition) is 1. The van der Waals surface area contributed by atoms with Gasteiger partial charge in [0.05, 0.1) is 0 Å². The Morgan fingerprint density at radius 3 is 2.00 bits per heavy atom. The summed E-state index contributed by atoms with van der Waals surface area (Å²) in [6.07, 6.45) is 3.29. The van der Waals surface area contributed by atoms with Crippen molar-refractivity contribution in [3.63, 3.8) is 0 Å². The maximum Gasteiger partial charge on any atom is 0.248 e. The van der Waals surface area contributed by atoms with Crippen molar-refractivity contribution >= 4 is 40.9 Å². The van der Waals surface area contributed by atoms with E-state index < -0.39 is 0 Å². The maximum absolute atomic E-state index is 12.1. The lowest BCUT2D eigenvalue weighted by Gasteiger charge is -2.05. The average molecular weight is 382 g/mol. The van der Waals surface area contributed by atoms with E-state index in [0.717, 1.165) is 27.9 Å². The Bertz CT molecular complexity index is 898. The molecule has 0 heterocycles. The van der Waals surface area contributed by atoms with Gasteiger partial charge in [-0.15, -0.1) is 11.6 Å². The number of carbonyl (C=O) groups is 1. The smallest absolute Gasteiger partial charge is 0.248 e. The van der Waals surface area contributed by atoms with Gasteiger partial charge in [-0.3, -0.25) is 4.79 Å². The van der Waals surface area contributed by atoms with E-state index in [0.29, 0.717) is 10.9 Å². The highest BCUT2D eigenvalue weighted by molar-refractivity contribution is 6.30. The molecular formula is C22H17Cl2NO. The highest BCUT2D eigenvalue weighted by atomic mass is 35.5. The van der Waals surface area contributed by atoms with Crippen molar-refractivity contribution in [2.45, 2.75) is 5.88 Å². The van der Waals surface area contributed by atoms with Crippen LogP contribution in [0.3, 0.4) is 0 Å². The third-order valence-electron chi connectivity index (χ3n) is 3.89. The lowest BCUT2D eigenvalue weighted by atomic mass is 10.1. The minimum Gasteiger partial charge on any atom is -0.323 e. The molecule has 3 aromatic rings. The summed E-state index contributed by atoms with van der Waals surface area (Å²) in [6.45, 7) is 0. The van der Waals surface area contributed by atoms with Gasteiger partial charge in [0, 0.05) is 22.7 Å². The number of carbonyl (C=O) groups excluding carboxylic acids is 1. The fraction of sp³-hybridized carbons (Fsp3) is 0.0455. The number of amides is 1. The van der Waals surface area contributed by atoms with E-state index in [1.54, 1.807) is 6.08 Å². The molecule has 1 amide bonds. The largest absolute Gasteiger partial charge is 0.323 e. The predicted octanol–water partition coefficient (Wildman–Crippen LogP) is 6.40. The van der Waals surface area contributed by atoms with Gasteiger partial charge in [-0.05, 0) is 52.6 Å². The first-order valence-corrected chi connectivity index (χ1v) is 9.05. The number of halogens is 2. The van der Waals surface area contributed by atoms with E-state index in [9.17, 15) is 4.79 Å². The van der Waals surface area contributed by atoms with Crippen LogP contribution in [0.25, 0.3) is 17.2 Å². The molecule has 2 nitrogen and oxygen atoms in total. The van der Waals surface area contributed by atoms with Gasteiger partial charge in [-0.25, -0.2) is 0 Å². The molecule has 0 unspecified atom stereocenters. The summed E-state index contributed by atoms with van der Waals surface area (Å²) in [7, 11) is 0. The summed E-state index contributed by atoms with van der Waals surface area (Å²) in [5, 5.41) is 3.56. The van der Waals surface area contributed by atoms with Crippen LogP contribution < -0.4 is 5.32 Å². The quantitative estimate of drug-likeness (QED) is 0.402. The van der Waals surface area contributed by atoms with Crippen molar-refractivity contribution in [1.82, 2.24) is 0 Å². The highest BCUT2D eigenvalue weighted by Crippen LogP contribution is 2.23. The SMILES string of the molecule is O=C(C=Cc1ccc(CCl)cc1)Nc1ccc(-c2ccc(Cl)cc2)cc1. The molecule has 0 aliphatic carbocycles. The minimum atomic E-state index is -0.175. The Balaban J connectivity index is 1.61. The lowest BCUT2D eigenvalue weighted by Crippen LogP contribution is -2.07. The Labute approximate surface area is 163 Å². The van der Waals surface area contributed by atoms with Crippen LogP contribution in [0, 0.1) is 0 Å². The summed E-state index contributed by atoms with van der Waals surface area (Å²) in [6, 6.07) is 23.1. The van der Waals surface area contributed by atoms with Gasteiger partial charge >= 0.3 is 0 Å². The third-order valence-corrected chi connectivity index (χ3v) is 4.45. The van der Waals surface area contributed by atoms with Crippen LogP contribution in [0.4, 0.5) is 5.69 Å². The number of benzene rings is 3. The molecule has 0 saturated carbocycles. The van der Waals surface area contributed by atoms with Crippen LogP contribution in [0.1, 0.15) is 11.1 Å². The van der Waals surface area contributed by atoms with E-state index in [1.165, 1.54) is 6.08 Å². The topological polar surface area (TPSA) is 29.1 Å². The molecule has 0 aliphatic heterocycles. The second-order valence-corrected chi connectivity index (χ2v) is 6.49. The van der Waals surface area contributed by atoms with Crippen molar-refractivity contribution in [1.29, 1.82) is 0 Å². The first-order chi connectivity index (χ1) is 12.6. The van der Waals surface area contributed by atoms with Gasteiger partial charge in [0.25, 0.3) is 0 Å². The van der Waals surface area contributed by atoms with Crippen molar-refractivity contribution in [2.24, 2.45) is 0 Å². The third kappa shape index (κ3) is 4.98. The zero-order chi connectivity index (χ0) is 18.4. The standard InChI is InChI=1S/C22H17Cl2NO/c23-15-17-3-1-16(2-4-17)5-14-22(26)25-21-12-8-19(9-13-21)18-6-10-20(24)11-7-18/h1-14H,15H2,(H,25,26). The molecular weight excluding hydrogens is 365 g/mol. The highest BCUT2D eigenvalue weighted by Gasteiger charge is 2.01. The van der Waals surface area contributed by atoms with E-state index in [2.05, 4.69) is 5.32 Å². The first kappa shape index (κ1) is 18.2. The number of nitrogens with one attached hydrogen (secondary N) is 1. The van der Waals surface area contributed by atoms with Crippen LogP contribution in [-0.2, 0) is 10.7 Å². The molecule has 26 heavy (non-hydrogen) atoms. The monoisotopic (exact) mass is 381 g/mol. The fourth-order valence-electron chi connectivity index (χ4n) is 2.46. The number of alkyl halides is 1. The molecule has 3 rings (SSSR count). The van der Waals surface area contributed by atoms with E-state index in [-0.39, 0.29) is 5.91 Å². The summed E-state index contributed by atoms with van der Waals surface area (Å²) in [5.41, 5.74) is 4.89. The van der Waals surface area contributed by atoms with Crippen LogP contribution >= 0.6 is 23.2 Å². The van der Waals surface area contributed by atoms with Gasteiger partial charge in [-0.2, -0.15) is 0 Å². The summed E-state index contributed by atoms with van der Waals surface area (Å²) >= 11 is 11.7. The Kier molecular flexibility index (Phi) is 6.11. The normalized spacial score (nSPS) is 10.8. The van der Waals surface area contributed by atoms with E-state index >= 15 is 0 Å².